The largest absolute Gasteiger partial charge is 0.480 e. The van der Waals surface area contributed by atoms with E-state index in [9.17, 15) is 9.59 Å². The van der Waals surface area contributed by atoms with Crippen LogP contribution in [-0.2, 0) is 9.59 Å². The number of nitrogens with zero attached hydrogens (tertiary/aromatic N) is 2. The number of likely N-dealkylation sites (N-methyl/N-ethyl adjacent to an activating group) is 1. The minimum absolute atomic E-state index is 0.109. The van der Waals surface area contributed by atoms with Gasteiger partial charge in [0, 0.05) is 19.1 Å². The highest BCUT2D eigenvalue weighted by molar-refractivity contribution is 5.79. The standard InChI is InChI=1S/C12H25N3O3/c1-5-10(2)13-11(16)8-15(9-12(17)18)7-6-14(3)4/h10H,5-9H2,1-4H3,(H,13,16)(H,17,18). The third kappa shape index (κ3) is 8.95. The second-order valence-electron chi connectivity index (χ2n) is 4.78. The van der Waals surface area contributed by atoms with Gasteiger partial charge in [0.25, 0.3) is 0 Å². The second kappa shape index (κ2) is 8.88. The van der Waals surface area contributed by atoms with Crippen molar-refractivity contribution in [2.24, 2.45) is 0 Å². The maximum absolute atomic E-state index is 11.7. The van der Waals surface area contributed by atoms with Gasteiger partial charge < -0.3 is 15.3 Å². The Bertz CT molecular complexity index is 269. The van der Waals surface area contributed by atoms with Crippen LogP contribution >= 0.6 is 0 Å². The number of rotatable bonds is 9. The van der Waals surface area contributed by atoms with Crippen molar-refractivity contribution in [1.29, 1.82) is 0 Å². The molecule has 1 unspecified atom stereocenters. The Morgan fingerprint density at radius 3 is 2.28 bits per heavy atom. The lowest BCUT2D eigenvalue weighted by Gasteiger charge is -2.22. The molecule has 106 valence electrons. The summed E-state index contributed by atoms with van der Waals surface area (Å²) in [6.45, 7) is 5.23. The summed E-state index contributed by atoms with van der Waals surface area (Å²) >= 11 is 0. The van der Waals surface area contributed by atoms with Gasteiger partial charge in [-0.1, -0.05) is 6.92 Å². The van der Waals surface area contributed by atoms with E-state index in [1.807, 2.05) is 32.8 Å². The maximum atomic E-state index is 11.7. The summed E-state index contributed by atoms with van der Waals surface area (Å²) in [5, 5.41) is 11.6. The summed E-state index contributed by atoms with van der Waals surface area (Å²) in [5.74, 6) is -1.03. The van der Waals surface area contributed by atoms with E-state index in [4.69, 9.17) is 5.11 Å². The van der Waals surface area contributed by atoms with Gasteiger partial charge in [0.15, 0.2) is 0 Å². The molecule has 2 N–H and O–H groups in total. The highest BCUT2D eigenvalue weighted by atomic mass is 16.4. The minimum atomic E-state index is -0.912. The molecular weight excluding hydrogens is 234 g/mol. The zero-order chi connectivity index (χ0) is 14.1. The number of carboxylic acid groups (broad SMARTS) is 1. The van der Waals surface area contributed by atoms with Gasteiger partial charge in [-0.15, -0.1) is 0 Å². The van der Waals surface area contributed by atoms with Crippen molar-refractivity contribution in [2.75, 3.05) is 40.3 Å². The molecule has 0 spiro atoms. The van der Waals surface area contributed by atoms with Crippen molar-refractivity contribution < 1.29 is 14.7 Å². The lowest BCUT2D eigenvalue weighted by Crippen LogP contribution is -2.44. The van der Waals surface area contributed by atoms with Gasteiger partial charge in [0.05, 0.1) is 13.1 Å². The second-order valence-corrected chi connectivity index (χ2v) is 4.78. The zero-order valence-corrected chi connectivity index (χ0v) is 11.8. The summed E-state index contributed by atoms with van der Waals surface area (Å²) in [6.07, 6.45) is 0.863. The third-order valence-corrected chi connectivity index (χ3v) is 2.61. The van der Waals surface area contributed by atoms with E-state index in [2.05, 4.69) is 5.32 Å². The number of carbonyl (C=O) groups is 2. The highest BCUT2D eigenvalue weighted by Crippen LogP contribution is 1.92. The molecule has 1 amide bonds. The van der Waals surface area contributed by atoms with Crippen LogP contribution in [0.4, 0.5) is 0 Å². The van der Waals surface area contributed by atoms with Crippen molar-refractivity contribution in [3.05, 3.63) is 0 Å². The maximum Gasteiger partial charge on any atom is 0.317 e. The smallest absolute Gasteiger partial charge is 0.317 e. The van der Waals surface area contributed by atoms with Crippen molar-refractivity contribution in [2.45, 2.75) is 26.3 Å². The van der Waals surface area contributed by atoms with Crippen LogP contribution in [0.3, 0.4) is 0 Å². The number of amides is 1. The molecule has 6 heteroatoms. The Hall–Kier alpha value is -1.14. The fourth-order valence-corrected chi connectivity index (χ4v) is 1.37. The zero-order valence-electron chi connectivity index (χ0n) is 11.8. The lowest BCUT2D eigenvalue weighted by molar-refractivity contribution is -0.138. The molecule has 6 nitrogen and oxygen atoms in total. The summed E-state index contributed by atoms with van der Waals surface area (Å²) in [5.41, 5.74) is 0. The summed E-state index contributed by atoms with van der Waals surface area (Å²) < 4.78 is 0. The van der Waals surface area contributed by atoms with Gasteiger partial charge in [0.2, 0.25) is 5.91 Å². The monoisotopic (exact) mass is 259 g/mol. The first-order valence-electron chi connectivity index (χ1n) is 6.23. The van der Waals surface area contributed by atoms with Gasteiger partial charge >= 0.3 is 5.97 Å². The van der Waals surface area contributed by atoms with E-state index in [1.165, 1.54) is 0 Å². The van der Waals surface area contributed by atoms with Crippen LogP contribution < -0.4 is 5.32 Å². The summed E-state index contributed by atoms with van der Waals surface area (Å²) in [4.78, 5) is 26.0. The lowest BCUT2D eigenvalue weighted by atomic mass is 10.2. The van der Waals surface area contributed by atoms with Gasteiger partial charge in [0.1, 0.15) is 0 Å². The first-order chi connectivity index (χ1) is 8.35. The number of nitrogens with one attached hydrogen (secondary N) is 1. The average Bonchev–Trinajstić information content (AvgIpc) is 2.24. The van der Waals surface area contributed by atoms with Crippen LogP contribution in [0, 0.1) is 0 Å². The number of hydrogen-bond acceptors (Lipinski definition) is 4. The molecule has 0 aliphatic carbocycles. The SMILES string of the molecule is CCC(C)NC(=O)CN(CCN(C)C)CC(=O)O. The van der Waals surface area contributed by atoms with Crippen LogP contribution in [0.15, 0.2) is 0 Å². The van der Waals surface area contributed by atoms with E-state index < -0.39 is 5.97 Å². The topological polar surface area (TPSA) is 72.9 Å². The molecule has 1 atom stereocenters. The van der Waals surface area contributed by atoms with Gasteiger partial charge in [-0.3, -0.25) is 14.5 Å². The molecule has 0 aliphatic rings. The predicted molar refractivity (Wildman–Crippen MR) is 70.5 cm³/mol. The molecule has 18 heavy (non-hydrogen) atoms. The van der Waals surface area contributed by atoms with Crippen LogP contribution in [0.1, 0.15) is 20.3 Å². The number of carbonyl (C=O) groups excluding carboxylic acids is 1. The van der Waals surface area contributed by atoms with Crippen molar-refractivity contribution in [3.8, 4) is 0 Å². The predicted octanol–water partition coefficient (Wildman–Crippen LogP) is -0.151. The van der Waals surface area contributed by atoms with Crippen LogP contribution in [-0.4, -0.2) is 73.1 Å². The molecule has 0 saturated heterocycles. The Balaban J connectivity index is 4.21. The van der Waals surface area contributed by atoms with Crippen LogP contribution in [0.2, 0.25) is 0 Å². The summed E-state index contributed by atoms with van der Waals surface area (Å²) in [7, 11) is 3.83. The van der Waals surface area contributed by atoms with Crippen molar-refractivity contribution >= 4 is 11.9 Å². The van der Waals surface area contributed by atoms with Gasteiger partial charge in [-0.25, -0.2) is 0 Å². The molecule has 0 aromatic heterocycles. The fraction of sp³-hybridized carbons (Fsp3) is 0.833. The average molecular weight is 259 g/mol. The Morgan fingerprint density at radius 1 is 1.22 bits per heavy atom. The molecule has 0 aliphatic heterocycles. The van der Waals surface area contributed by atoms with Crippen molar-refractivity contribution in [3.63, 3.8) is 0 Å². The fourth-order valence-electron chi connectivity index (χ4n) is 1.37. The van der Waals surface area contributed by atoms with Crippen LogP contribution in [0.25, 0.3) is 0 Å². The van der Waals surface area contributed by atoms with E-state index in [-0.39, 0.29) is 25.0 Å². The first-order valence-corrected chi connectivity index (χ1v) is 6.23. The Kier molecular flexibility index (Phi) is 8.32. The van der Waals surface area contributed by atoms with Gasteiger partial charge in [-0.05, 0) is 27.4 Å². The molecule has 0 fully saturated rings. The molecular formula is C12H25N3O3. The van der Waals surface area contributed by atoms with Crippen LogP contribution in [0.5, 0.6) is 0 Å². The van der Waals surface area contributed by atoms with E-state index in [0.29, 0.717) is 6.54 Å². The molecule has 0 aromatic rings. The van der Waals surface area contributed by atoms with E-state index in [0.717, 1.165) is 13.0 Å². The molecule has 0 bridgehead atoms. The first kappa shape index (κ1) is 16.9. The van der Waals surface area contributed by atoms with E-state index >= 15 is 0 Å². The normalized spacial score (nSPS) is 12.8. The van der Waals surface area contributed by atoms with Gasteiger partial charge in [-0.2, -0.15) is 0 Å². The third-order valence-electron chi connectivity index (χ3n) is 2.61. The molecule has 0 radical (unpaired) electrons. The molecule has 0 saturated carbocycles. The number of aliphatic carboxylic acids is 1. The highest BCUT2D eigenvalue weighted by Gasteiger charge is 2.15. The quantitative estimate of drug-likeness (QED) is 0.602. The number of carboxylic acids is 1. The molecule has 0 rings (SSSR count). The Labute approximate surface area is 109 Å². The number of hydrogen-bond donors (Lipinski definition) is 2. The molecule has 0 heterocycles. The van der Waals surface area contributed by atoms with E-state index in [1.54, 1.807) is 4.90 Å². The Morgan fingerprint density at radius 2 is 1.83 bits per heavy atom. The summed E-state index contributed by atoms with van der Waals surface area (Å²) in [6, 6.07) is 0.123. The molecule has 0 aromatic carbocycles. The minimum Gasteiger partial charge on any atom is -0.480 e. The van der Waals surface area contributed by atoms with Crippen molar-refractivity contribution in [1.82, 2.24) is 15.1 Å².